The minimum absolute atomic E-state index is 0.224. The van der Waals surface area contributed by atoms with Crippen molar-refractivity contribution in [2.75, 3.05) is 20.1 Å². The van der Waals surface area contributed by atoms with Crippen molar-refractivity contribution >= 4 is 0 Å². The zero-order valence-electron chi connectivity index (χ0n) is 8.37. The highest BCUT2D eigenvalue weighted by molar-refractivity contribution is 4.82. The van der Waals surface area contributed by atoms with Gasteiger partial charge in [-0.3, -0.25) is 0 Å². The number of hydrogen-bond donors (Lipinski definition) is 1. The fourth-order valence-corrected chi connectivity index (χ4v) is 2.02. The van der Waals surface area contributed by atoms with Crippen LogP contribution in [-0.2, 0) is 0 Å². The van der Waals surface area contributed by atoms with E-state index in [0.29, 0.717) is 12.3 Å². The van der Waals surface area contributed by atoms with Crippen molar-refractivity contribution in [2.24, 2.45) is 11.7 Å². The second kappa shape index (κ2) is 5.21. The van der Waals surface area contributed by atoms with Crippen LogP contribution in [0.15, 0.2) is 0 Å². The van der Waals surface area contributed by atoms with E-state index in [0.717, 1.165) is 13.0 Å². The first kappa shape index (κ1) is 10.5. The fraction of sp³-hybridized carbons (Fsp3) is 0.900. The van der Waals surface area contributed by atoms with Gasteiger partial charge in [0.25, 0.3) is 0 Å². The standard InChI is InChI=1S/C10H19N3/c1-13-7-3-4-9(8-13)10(12)5-2-6-11/h9-10H,2-5,7-8,12H2,1H3. The van der Waals surface area contributed by atoms with Gasteiger partial charge in [-0.05, 0) is 38.8 Å². The first-order valence-corrected chi connectivity index (χ1v) is 5.05. The summed E-state index contributed by atoms with van der Waals surface area (Å²) in [6.07, 6.45) is 3.94. The maximum Gasteiger partial charge on any atom is 0.0622 e. The van der Waals surface area contributed by atoms with E-state index in [1.807, 2.05) is 0 Å². The predicted octanol–water partition coefficient (Wildman–Crippen LogP) is 0.959. The smallest absolute Gasteiger partial charge is 0.0622 e. The second-order valence-electron chi connectivity index (χ2n) is 4.03. The molecule has 13 heavy (non-hydrogen) atoms. The Balaban J connectivity index is 2.29. The van der Waals surface area contributed by atoms with E-state index in [-0.39, 0.29) is 6.04 Å². The molecule has 1 heterocycles. The van der Waals surface area contributed by atoms with Gasteiger partial charge in [0.1, 0.15) is 0 Å². The molecule has 2 unspecified atom stereocenters. The molecular formula is C10H19N3. The van der Waals surface area contributed by atoms with Crippen LogP contribution in [0.5, 0.6) is 0 Å². The summed E-state index contributed by atoms with van der Waals surface area (Å²) in [4.78, 5) is 2.33. The first-order chi connectivity index (χ1) is 6.24. The molecular weight excluding hydrogens is 162 g/mol. The van der Waals surface area contributed by atoms with Gasteiger partial charge in [0, 0.05) is 19.0 Å². The zero-order valence-corrected chi connectivity index (χ0v) is 8.37. The van der Waals surface area contributed by atoms with Gasteiger partial charge in [-0.1, -0.05) is 0 Å². The van der Waals surface area contributed by atoms with Crippen LogP contribution in [-0.4, -0.2) is 31.1 Å². The lowest BCUT2D eigenvalue weighted by atomic mass is 9.89. The van der Waals surface area contributed by atoms with Crippen molar-refractivity contribution in [3.63, 3.8) is 0 Å². The lowest BCUT2D eigenvalue weighted by Crippen LogP contribution is -2.41. The number of likely N-dealkylation sites (tertiary alicyclic amines) is 1. The summed E-state index contributed by atoms with van der Waals surface area (Å²) < 4.78 is 0. The molecule has 0 aliphatic carbocycles. The monoisotopic (exact) mass is 181 g/mol. The van der Waals surface area contributed by atoms with Gasteiger partial charge in [-0.2, -0.15) is 5.26 Å². The number of rotatable bonds is 3. The molecule has 0 aromatic carbocycles. The average molecular weight is 181 g/mol. The van der Waals surface area contributed by atoms with Crippen LogP contribution < -0.4 is 5.73 Å². The SMILES string of the molecule is CN1CCCC(C(N)CCC#N)C1. The maximum absolute atomic E-state index is 8.45. The van der Waals surface area contributed by atoms with Crippen molar-refractivity contribution in [1.29, 1.82) is 5.26 Å². The highest BCUT2D eigenvalue weighted by Crippen LogP contribution is 2.19. The van der Waals surface area contributed by atoms with Crippen molar-refractivity contribution < 1.29 is 0 Å². The van der Waals surface area contributed by atoms with Crippen LogP contribution in [0.25, 0.3) is 0 Å². The summed E-state index contributed by atoms with van der Waals surface area (Å²) in [5, 5.41) is 8.45. The molecule has 0 bridgehead atoms. The van der Waals surface area contributed by atoms with Gasteiger partial charge >= 0.3 is 0 Å². The molecule has 0 aromatic rings. The highest BCUT2D eigenvalue weighted by Gasteiger charge is 2.22. The number of nitrogens with zero attached hydrogens (tertiary/aromatic N) is 2. The molecule has 0 amide bonds. The van der Waals surface area contributed by atoms with Crippen LogP contribution in [0, 0.1) is 17.2 Å². The van der Waals surface area contributed by atoms with Crippen molar-refractivity contribution in [3.05, 3.63) is 0 Å². The number of piperidine rings is 1. The van der Waals surface area contributed by atoms with Crippen LogP contribution in [0.3, 0.4) is 0 Å². The molecule has 1 rings (SSSR count). The van der Waals surface area contributed by atoms with Crippen LogP contribution in [0.1, 0.15) is 25.7 Å². The highest BCUT2D eigenvalue weighted by atomic mass is 15.1. The molecule has 2 atom stereocenters. The Morgan fingerprint density at radius 3 is 3.08 bits per heavy atom. The normalized spacial score (nSPS) is 26.7. The topological polar surface area (TPSA) is 53.0 Å². The summed E-state index contributed by atoms with van der Waals surface area (Å²) in [5.74, 6) is 0.604. The molecule has 3 heteroatoms. The summed E-state index contributed by atoms with van der Waals surface area (Å²) in [6.45, 7) is 2.30. The van der Waals surface area contributed by atoms with Gasteiger partial charge in [0.2, 0.25) is 0 Å². The van der Waals surface area contributed by atoms with Crippen molar-refractivity contribution in [1.82, 2.24) is 4.90 Å². The Kier molecular flexibility index (Phi) is 4.20. The van der Waals surface area contributed by atoms with Crippen LogP contribution in [0.2, 0.25) is 0 Å². The molecule has 0 saturated carbocycles. The van der Waals surface area contributed by atoms with E-state index in [2.05, 4.69) is 18.0 Å². The van der Waals surface area contributed by atoms with E-state index >= 15 is 0 Å². The molecule has 1 saturated heterocycles. The zero-order chi connectivity index (χ0) is 9.68. The molecule has 0 spiro atoms. The average Bonchev–Trinajstić information content (AvgIpc) is 2.14. The number of hydrogen-bond acceptors (Lipinski definition) is 3. The third kappa shape index (κ3) is 3.33. The van der Waals surface area contributed by atoms with E-state index < -0.39 is 0 Å². The lowest BCUT2D eigenvalue weighted by molar-refractivity contribution is 0.184. The van der Waals surface area contributed by atoms with Crippen LogP contribution >= 0.6 is 0 Å². The fourth-order valence-electron chi connectivity index (χ4n) is 2.02. The molecule has 1 aliphatic heterocycles. The Morgan fingerprint density at radius 1 is 1.69 bits per heavy atom. The van der Waals surface area contributed by atoms with Gasteiger partial charge in [-0.15, -0.1) is 0 Å². The van der Waals surface area contributed by atoms with Crippen molar-refractivity contribution in [2.45, 2.75) is 31.7 Å². The van der Waals surface area contributed by atoms with Gasteiger partial charge < -0.3 is 10.6 Å². The molecule has 3 nitrogen and oxygen atoms in total. The van der Waals surface area contributed by atoms with E-state index in [4.69, 9.17) is 11.0 Å². The van der Waals surface area contributed by atoms with Crippen LogP contribution in [0.4, 0.5) is 0 Å². The van der Waals surface area contributed by atoms with E-state index in [1.165, 1.54) is 19.4 Å². The third-order valence-electron chi connectivity index (χ3n) is 2.86. The Bertz CT molecular complexity index is 185. The lowest BCUT2D eigenvalue weighted by Gasteiger charge is -2.33. The molecule has 2 N–H and O–H groups in total. The van der Waals surface area contributed by atoms with Crippen molar-refractivity contribution in [3.8, 4) is 6.07 Å². The number of nitriles is 1. The predicted molar refractivity (Wildman–Crippen MR) is 53.0 cm³/mol. The Labute approximate surface area is 80.5 Å². The summed E-state index contributed by atoms with van der Waals surface area (Å²) >= 11 is 0. The Hall–Kier alpha value is -0.590. The minimum atomic E-state index is 0.224. The molecule has 0 radical (unpaired) electrons. The maximum atomic E-state index is 8.45. The third-order valence-corrected chi connectivity index (χ3v) is 2.86. The summed E-state index contributed by atoms with van der Waals surface area (Å²) in [6, 6.07) is 2.38. The molecule has 1 aliphatic rings. The second-order valence-corrected chi connectivity index (χ2v) is 4.03. The Morgan fingerprint density at radius 2 is 2.46 bits per heavy atom. The van der Waals surface area contributed by atoms with Gasteiger partial charge in [0.05, 0.1) is 6.07 Å². The van der Waals surface area contributed by atoms with Gasteiger partial charge in [-0.25, -0.2) is 0 Å². The molecule has 74 valence electrons. The minimum Gasteiger partial charge on any atom is -0.327 e. The summed E-state index contributed by atoms with van der Waals surface area (Å²) in [5.41, 5.74) is 6.02. The quantitative estimate of drug-likeness (QED) is 0.705. The first-order valence-electron chi connectivity index (χ1n) is 5.05. The molecule has 1 fully saturated rings. The van der Waals surface area contributed by atoms with E-state index in [9.17, 15) is 0 Å². The van der Waals surface area contributed by atoms with Gasteiger partial charge in [0.15, 0.2) is 0 Å². The summed E-state index contributed by atoms with van der Waals surface area (Å²) in [7, 11) is 2.14. The number of nitrogens with two attached hydrogens (primary N) is 1. The van der Waals surface area contributed by atoms with E-state index in [1.54, 1.807) is 0 Å². The molecule has 0 aromatic heterocycles. The largest absolute Gasteiger partial charge is 0.327 e.